The fourth-order valence-corrected chi connectivity index (χ4v) is 3.57. The third kappa shape index (κ3) is 1.32. The molecule has 3 rings (SSSR count). The van der Waals surface area contributed by atoms with Crippen LogP contribution in [0.4, 0.5) is 0 Å². The molecule has 0 aromatic carbocycles. The second-order valence-electron chi connectivity index (χ2n) is 5.27. The Hall–Kier alpha value is 0.250. The van der Waals surface area contributed by atoms with E-state index in [1.54, 1.807) is 0 Å². The monoisotopic (exact) mass is 202 g/mol. The first-order chi connectivity index (χ1) is 6.07. The van der Waals surface area contributed by atoms with Gasteiger partial charge in [0.15, 0.2) is 0 Å². The predicted molar refractivity (Wildman–Crippen MR) is 54.8 cm³/mol. The molecule has 3 aliphatic carbocycles. The smallest absolute Gasteiger partial charge is 0.121 e. The molecule has 0 aliphatic heterocycles. The summed E-state index contributed by atoms with van der Waals surface area (Å²) in [5, 5.41) is 0. The molecular weight excluding hydrogens is 184 g/mol. The molecule has 0 aromatic heterocycles. The summed E-state index contributed by atoms with van der Waals surface area (Å²) in [5.74, 6) is 2.43. The molecule has 3 saturated carbocycles. The van der Waals surface area contributed by atoms with Gasteiger partial charge in [0, 0.05) is 0 Å². The normalized spacial score (nSPS) is 47.1. The third-order valence-electron chi connectivity index (χ3n) is 4.56. The van der Waals surface area contributed by atoms with Crippen molar-refractivity contribution in [2.45, 2.75) is 39.7 Å². The number of fused-ring (bicyclic) bond motifs is 2. The lowest BCUT2D eigenvalue weighted by Gasteiger charge is -2.61. The molecule has 0 heterocycles. The summed E-state index contributed by atoms with van der Waals surface area (Å²) in [6, 6.07) is 0.356. The number of rotatable bonds is 2. The van der Waals surface area contributed by atoms with E-state index in [0.29, 0.717) is 23.5 Å². The van der Waals surface area contributed by atoms with E-state index < -0.39 is 0 Å². The Morgan fingerprint density at radius 1 is 1.38 bits per heavy atom. The van der Waals surface area contributed by atoms with Crippen molar-refractivity contribution in [3.63, 3.8) is 0 Å². The highest BCUT2D eigenvalue weighted by molar-refractivity contribution is 6.17. The number of halogens is 1. The first kappa shape index (κ1) is 9.79. The Kier molecular flexibility index (Phi) is 2.36. The lowest BCUT2D eigenvalue weighted by molar-refractivity contribution is -0.166. The summed E-state index contributed by atoms with van der Waals surface area (Å²) < 4.78 is 5.55. The van der Waals surface area contributed by atoms with Crippen molar-refractivity contribution in [3.8, 4) is 0 Å². The van der Waals surface area contributed by atoms with Crippen molar-refractivity contribution in [2.75, 3.05) is 6.07 Å². The van der Waals surface area contributed by atoms with Gasteiger partial charge in [0.2, 0.25) is 0 Å². The van der Waals surface area contributed by atoms with Gasteiger partial charge in [0.25, 0.3) is 0 Å². The number of hydrogen-bond donors (Lipinski definition) is 0. The minimum absolute atomic E-state index is 0.356. The summed E-state index contributed by atoms with van der Waals surface area (Å²) in [5.41, 5.74) is 0.561. The molecule has 0 saturated heterocycles. The van der Waals surface area contributed by atoms with Gasteiger partial charge in [-0.15, -0.1) is 0 Å². The maximum Gasteiger partial charge on any atom is 0.121 e. The number of alkyl halides is 1. The maximum absolute atomic E-state index is 5.61. The maximum atomic E-state index is 5.61. The Bertz CT molecular complexity index is 202. The molecule has 3 aliphatic rings. The Morgan fingerprint density at radius 3 is 2.54 bits per heavy atom. The second-order valence-corrected chi connectivity index (χ2v) is 5.49. The van der Waals surface area contributed by atoms with Crippen LogP contribution >= 0.6 is 11.6 Å². The third-order valence-corrected chi connectivity index (χ3v) is 4.69. The van der Waals surface area contributed by atoms with Gasteiger partial charge in [-0.2, -0.15) is 0 Å². The zero-order valence-electron chi connectivity index (χ0n) is 8.72. The van der Waals surface area contributed by atoms with Crippen LogP contribution in [-0.2, 0) is 4.74 Å². The van der Waals surface area contributed by atoms with Gasteiger partial charge in [-0.1, -0.05) is 32.4 Å². The highest BCUT2D eigenvalue weighted by Crippen LogP contribution is 2.61. The first-order valence-corrected chi connectivity index (χ1v) is 5.78. The average Bonchev–Trinajstić information content (AvgIpc) is 2.08. The molecule has 2 bridgehead atoms. The van der Waals surface area contributed by atoms with Crippen molar-refractivity contribution >= 4 is 11.6 Å². The molecule has 3 fully saturated rings. The first-order valence-electron chi connectivity index (χ1n) is 5.25. The van der Waals surface area contributed by atoms with Crippen molar-refractivity contribution in [1.29, 1.82) is 0 Å². The molecule has 0 spiro atoms. The van der Waals surface area contributed by atoms with Crippen LogP contribution in [0.1, 0.15) is 33.6 Å². The van der Waals surface area contributed by atoms with Crippen molar-refractivity contribution in [3.05, 3.63) is 0 Å². The predicted octanol–water partition coefficient (Wildman–Crippen LogP) is 3.27. The van der Waals surface area contributed by atoms with Crippen LogP contribution in [0.2, 0.25) is 0 Å². The van der Waals surface area contributed by atoms with E-state index in [4.69, 9.17) is 16.3 Å². The van der Waals surface area contributed by atoms with Crippen molar-refractivity contribution in [2.24, 2.45) is 23.2 Å². The number of ether oxygens (including phenoxy) is 1. The van der Waals surface area contributed by atoms with Crippen LogP contribution in [0.15, 0.2) is 0 Å². The minimum atomic E-state index is 0.356. The Balaban J connectivity index is 2.03. The standard InChI is InChI=1S/C11H19ClO/c1-7-9-4-8(11(9,2)3)5-10(7)13-6-12/h7-10H,4-6H2,1-3H3. The van der Waals surface area contributed by atoms with Gasteiger partial charge in [-0.25, -0.2) is 0 Å². The highest BCUT2D eigenvalue weighted by Gasteiger charge is 2.56. The zero-order valence-corrected chi connectivity index (χ0v) is 9.47. The van der Waals surface area contributed by atoms with Crippen molar-refractivity contribution < 1.29 is 4.74 Å². The van der Waals surface area contributed by atoms with Crippen LogP contribution in [-0.4, -0.2) is 12.2 Å². The molecule has 76 valence electrons. The summed E-state index contributed by atoms with van der Waals surface area (Å²) in [7, 11) is 0. The van der Waals surface area contributed by atoms with Gasteiger partial charge in [-0.05, 0) is 36.0 Å². The molecule has 0 radical (unpaired) electrons. The van der Waals surface area contributed by atoms with E-state index in [1.807, 2.05) is 0 Å². The second kappa shape index (κ2) is 3.13. The molecule has 1 nitrogen and oxygen atoms in total. The average molecular weight is 203 g/mol. The SMILES string of the molecule is CC1C(OCCl)CC2CC1C2(C)C. The molecule has 13 heavy (non-hydrogen) atoms. The Morgan fingerprint density at radius 2 is 2.08 bits per heavy atom. The highest BCUT2D eigenvalue weighted by atomic mass is 35.5. The fourth-order valence-electron chi connectivity index (χ4n) is 3.40. The fraction of sp³-hybridized carbons (Fsp3) is 1.00. The van der Waals surface area contributed by atoms with E-state index in [9.17, 15) is 0 Å². The van der Waals surface area contributed by atoms with Gasteiger partial charge >= 0.3 is 0 Å². The summed E-state index contributed by atoms with van der Waals surface area (Å²) in [6.07, 6.45) is 3.06. The Labute approximate surface area is 85.8 Å². The van der Waals surface area contributed by atoms with E-state index >= 15 is 0 Å². The van der Waals surface area contributed by atoms with Crippen molar-refractivity contribution in [1.82, 2.24) is 0 Å². The quantitative estimate of drug-likeness (QED) is 0.625. The van der Waals surface area contributed by atoms with E-state index in [2.05, 4.69) is 20.8 Å². The largest absolute Gasteiger partial charge is 0.362 e. The van der Waals surface area contributed by atoms with Crippen LogP contribution in [0.5, 0.6) is 0 Å². The van der Waals surface area contributed by atoms with Crippen LogP contribution < -0.4 is 0 Å². The summed E-state index contributed by atoms with van der Waals surface area (Å²) in [4.78, 5) is 0. The number of hydrogen-bond acceptors (Lipinski definition) is 1. The molecule has 2 heteroatoms. The summed E-state index contributed by atoms with van der Waals surface area (Å²) in [6.45, 7) is 7.12. The summed E-state index contributed by atoms with van der Waals surface area (Å²) >= 11 is 5.61. The van der Waals surface area contributed by atoms with Crippen LogP contribution in [0.25, 0.3) is 0 Å². The molecule has 0 aromatic rings. The molecular formula is C11H19ClO. The van der Waals surface area contributed by atoms with Crippen LogP contribution in [0, 0.1) is 23.2 Å². The molecule has 0 amide bonds. The lowest BCUT2D eigenvalue weighted by atomic mass is 9.45. The lowest BCUT2D eigenvalue weighted by Crippen LogP contribution is -2.57. The minimum Gasteiger partial charge on any atom is -0.362 e. The molecule has 4 unspecified atom stereocenters. The molecule has 4 atom stereocenters. The van der Waals surface area contributed by atoms with Gasteiger partial charge < -0.3 is 4.74 Å². The zero-order chi connectivity index (χ0) is 9.64. The van der Waals surface area contributed by atoms with Crippen LogP contribution in [0.3, 0.4) is 0 Å². The van der Waals surface area contributed by atoms with Gasteiger partial charge in [-0.3, -0.25) is 0 Å². The van der Waals surface area contributed by atoms with E-state index in [-0.39, 0.29) is 0 Å². The van der Waals surface area contributed by atoms with E-state index in [1.165, 1.54) is 12.8 Å². The van der Waals surface area contributed by atoms with E-state index in [0.717, 1.165) is 11.8 Å². The van der Waals surface area contributed by atoms with Gasteiger partial charge in [0.1, 0.15) is 6.07 Å². The topological polar surface area (TPSA) is 9.23 Å². The van der Waals surface area contributed by atoms with Gasteiger partial charge in [0.05, 0.1) is 6.10 Å². The molecule has 0 N–H and O–H groups in total.